The van der Waals surface area contributed by atoms with Crippen LogP contribution in [0.3, 0.4) is 0 Å². The number of benzene rings is 1. The molecule has 0 bridgehead atoms. The van der Waals surface area contributed by atoms with Crippen LogP contribution < -0.4 is 14.8 Å². The number of hydrogen-bond donors (Lipinski definition) is 2. The lowest BCUT2D eigenvalue weighted by atomic mass is 10.0. The molecule has 2 rings (SSSR count). The Kier molecular flexibility index (Phi) is 5.44. The summed E-state index contributed by atoms with van der Waals surface area (Å²) < 4.78 is 16.2. The van der Waals surface area contributed by atoms with Crippen molar-refractivity contribution in [1.29, 1.82) is 0 Å². The molecule has 1 amide bonds. The molecule has 0 atom stereocenters. The van der Waals surface area contributed by atoms with E-state index in [0.29, 0.717) is 11.5 Å². The topological polar surface area (TPSA) is 94.1 Å². The third kappa shape index (κ3) is 5.14. The second kappa shape index (κ2) is 7.32. The van der Waals surface area contributed by atoms with Crippen molar-refractivity contribution in [2.24, 2.45) is 0 Å². The zero-order valence-electron chi connectivity index (χ0n) is 13.3. The van der Waals surface area contributed by atoms with Crippen LogP contribution in [0.5, 0.6) is 11.5 Å². The summed E-state index contributed by atoms with van der Waals surface area (Å²) in [5.41, 5.74) is 0.793. The summed E-state index contributed by atoms with van der Waals surface area (Å²) in [7, 11) is 0. The number of carboxylic acid groups (broad SMARTS) is 1. The van der Waals surface area contributed by atoms with Crippen LogP contribution >= 0.6 is 0 Å². The summed E-state index contributed by atoms with van der Waals surface area (Å²) in [4.78, 5) is 21.9. The molecule has 23 heavy (non-hydrogen) atoms. The third-order valence-electron chi connectivity index (χ3n) is 3.21. The zero-order valence-corrected chi connectivity index (χ0v) is 13.3. The maximum atomic E-state index is 11.7. The van der Waals surface area contributed by atoms with Crippen molar-refractivity contribution in [3.63, 3.8) is 0 Å². The molecule has 0 aliphatic carbocycles. The van der Waals surface area contributed by atoms with Crippen molar-refractivity contribution in [3.05, 3.63) is 23.8 Å². The summed E-state index contributed by atoms with van der Waals surface area (Å²) >= 11 is 0. The monoisotopic (exact) mass is 323 g/mol. The van der Waals surface area contributed by atoms with Crippen molar-refractivity contribution >= 4 is 11.9 Å². The number of fused-ring (bicyclic) bond motifs is 1. The minimum absolute atomic E-state index is 0.135. The highest BCUT2D eigenvalue weighted by molar-refractivity contribution is 5.77. The van der Waals surface area contributed by atoms with Crippen molar-refractivity contribution in [2.75, 3.05) is 26.4 Å². The summed E-state index contributed by atoms with van der Waals surface area (Å²) in [5.74, 6) is -0.111. The normalized spacial score (nSPS) is 14.7. The molecule has 1 aromatic rings. The van der Waals surface area contributed by atoms with Gasteiger partial charge < -0.3 is 24.6 Å². The third-order valence-corrected chi connectivity index (χ3v) is 3.21. The Morgan fingerprint density at radius 1 is 1.35 bits per heavy atom. The number of ether oxygens (including phenoxy) is 3. The average Bonchev–Trinajstić information content (AvgIpc) is 2.78. The van der Waals surface area contributed by atoms with Gasteiger partial charge in [-0.3, -0.25) is 4.79 Å². The fraction of sp³-hybridized carbons (Fsp3) is 0.500. The molecule has 0 fully saturated rings. The molecule has 1 aliphatic heterocycles. The smallest absolute Gasteiger partial charge is 0.329 e. The number of carbonyl (C=O) groups excluding carboxylic acids is 1. The van der Waals surface area contributed by atoms with Gasteiger partial charge in [0.15, 0.2) is 18.1 Å². The zero-order chi connectivity index (χ0) is 16.9. The van der Waals surface area contributed by atoms with Crippen LogP contribution in [0.4, 0.5) is 0 Å². The lowest BCUT2D eigenvalue weighted by molar-refractivity contribution is -0.142. The first-order valence-corrected chi connectivity index (χ1v) is 7.37. The van der Waals surface area contributed by atoms with E-state index in [1.165, 1.54) is 0 Å². The fourth-order valence-electron chi connectivity index (χ4n) is 2.32. The Hall–Kier alpha value is -2.28. The van der Waals surface area contributed by atoms with Crippen molar-refractivity contribution in [2.45, 2.75) is 25.9 Å². The molecule has 2 N–H and O–H groups in total. The van der Waals surface area contributed by atoms with Gasteiger partial charge in [-0.05, 0) is 19.9 Å². The first kappa shape index (κ1) is 17.1. The van der Waals surface area contributed by atoms with E-state index in [-0.39, 0.29) is 37.9 Å². The van der Waals surface area contributed by atoms with Gasteiger partial charge in [-0.1, -0.05) is 12.1 Å². The number of nitrogens with one attached hydrogen (secondary N) is 1. The molecule has 0 unspecified atom stereocenters. The Morgan fingerprint density at radius 3 is 2.87 bits per heavy atom. The van der Waals surface area contributed by atoms with Crippen LogP contribution in [-0.4, -0.2) is 48.9 Å². The van der Waals surface area contributed by atoms with Crippen LogP contribution in [-0.2, 0) is 20.7 Å². The van der Waals surface area contributed by atoms with Crippen LogP contribution in [0.25, 0.3) is 0 Å². The van der Waals surface area contributed by atoms with Gasteiger partial charge in [0.2, 0.25) is 0 Å². The second-order valence-corrected chi connectivity index (χ2v) is 5.87. The number of carbonyl (C=O) groups is 2. The lowest BCUT2D eigenvalue weighted by Crippen LogP contribution is -2.32. The van der Waals surface area contributed by atoms with E-state index < -0.39 is 5.97 Å². The number of aliphatic carboxylic acids is 1. The van der Waals surface area contributed by atoms with Gasteiger partial charge in [0, 0.05) is 18.5 Å². The summed E-state index contributed by atoms with van der Waals surface area (Å²) in [6, 6.07) is 5.62. The molecule has 1 aromatic carbocycles. The predicted octanol–water partition coefficient (Wildman–Crippen LogP) is 0.996. The predicted molar refractivity (Wildman–Crippen MR) is 81.8 cm³/mol. The number of hydrogen-bond acceptors (Lipinski definition) is 5. The summed E-state index contributed by atoms with van der Waals surface area (Å²) in [6.45, 7) is 3.85. The van der Waals surface area contributed by atoms with Crippen LogP contribution in [0.2, 0.25) is 0 Å². The number of rotatable bonds is 8. The number of amides is 1. The SMILES string of the molecule is CC1(C)Cc2cccc(OCC(=O)NCCOCC(=O)O)c2O1. The molecule has 0 spiro atoms. The van der Waals surface area contributed by atoms with E-state index >= 15 is 0 Å². The van der Waals surface area contributed by atoms with Crippen molar-refractivity contribution < 1.29 is 28.9 Å². The van der Waals surface area contributed by atoms with Gasteiger partial charge in [0.05, 0.1) is 6.61 Å². The van der Waals surface area contributed by atoms with Gasteiger partial charge in [-0.15, -0.1) is 0 Å². The molecule has 7 nitrogen and oxygen atoms in total. The Bertz CT molecular complexity index is 584. The van der Waals surface area contributed by atoms with Gasteiger partial charge in [0.25, 0.3) is 5.91 Å². The standard InChI is InChI=1S/C16H21NO6/c1-16(2)8-11-4-3-5-12(15(11)23-16)22-9-13(18)17-6-7-21-10-14(19)20/h3-5H,6-10H2,1-2H3,(H,17,18)(H,19,20). The van der Waals surface area contributed by atoms with Gasteiger partial charge in [-0.25, -0.2) is 4.79 Å². The van der Waals surface area contributed by atoms with Crippen LogP contribution in [0.1, 0.15) is 19.4 Å². The highest BCUT2D eigenvalue weighted by Crippen LogP contribution is 2.41. The average molecular weight is 323 g/mol. The van der Waals surface area contributed by atoms with Gasteiger partial charge >= 0.3 is 5.97 Å². The molecule has 0 aromatic heterocycles. The van der Waals surface area contributed by atoms with Crippen LogP contribution in [0.15, 0.2) is 18.2 Å². The molecule has 7 heteroatoms. The molecule has 126 valence electrons. The van der Waals surface area contributed by atoms with E-state index in [0.717, 1.165) is 12.0 Å². The highest BCUT2D eigenvalue weighted by atomic mass is 16.5. The fourth-order valence-corrected chi connectivity index (χ4v) is 2.32. The number of carboxylic acids is 1. The van der Waals surface area contributed by atoms with Crippen molar-refractivity contribution in [1.82, 2.24) is 5.32 Å². The van der Waals surface area contributed by atoms with Crippen LogP contribution in [0, 0.1) is 0 Å². The molecule has 0 saturated carbocycles. The Labute approximate surface area is 134 Å². The van der Waals surface area contributed by atoms with Gasteiger partial charge in [-0.2, -0.15) is 0 Å². The summed E-state index contributed by atoms with van der Waals surface area (Å²) in [5, 5.41) is 11.0. The van der Waals surface area contributed by atoms with E-state index in [1.807, 2.05) is 26.0 Å². The minimum atomic E-state index is -1.04. The van der Waals surface area contributed by atoms with E-state index in [2.05, 4.69) is 5.32 Å². The number of para-hydroxylation sites is 1. The maximum absolute atomic E-state index is 11.7. The molecule has 0 saturated heterocycles. The first-order valence-electron chi connectivity index (χ1n) is 7.37. The minimum Gasteiger partial charge on any atom is -0.483 e. The molecule has 1 aliphatic rings. The lowest BCUT2D eigenvalue weighted by Gasteiger charge is -2.18. The van der Waals surface area contributed by atoms with Gasteiger partial charge in [0.1, 0.15) is 12.2 Å². The molecular weight excluding hydrogens is 302 g/mol. The van der Waals surface area contributed by atoms with E-state index in [1.54, 1.807) is 6.07 Å². The van der Waals surface area contributed by atoms with Crippen molar-refractivity contribution in [3.8, 4) is 11.5 Å². The Balaban J connectivity index is 1.76. The first-order chi connectivity index (χ1) is 10.9. The second-order valence-electron chi connectivity index (χ2n) is 5.87. The molecule has 1 heterocycles. The molecular formula is C16H21NO6. The van der Waals surface area contributed by atoms with E-state index in [4.69, 9.17) is 19.3 Å². The Morgan fingerprint density at radius 2 is 2.13 bits per heavy atom. The quantitative estimate of drug-likeness (QED) is 0.693. The highest BCUT2D eigenvalue weighted by Gasteiger charge is 2.32. The maximum Gasteiger partial charge on any atom is 0.329 e. The summed E-state index contributed by atoms with van der Waals surface area (Å²) in [6.07, 6.45) is 0.798. The largest absolute Gasteiger partial charge is 0.483 e. The van der Waals surface area contributed by atoms with E-state index in [9.17, 15) is 9.59 Å². The molecule has 0 radical (unpaired) electrons.